The Bertz CT molecular complexity index is 679. The van der Waals surface area contributed by atoms with Gasteiger partial charge in [-0.3, -0.25) is 0 Å². The summed E-state index contributed by atoms with van der Waals surface area (Å²) >= 11 is 0. The lowest BCUT2D eigenvalue weighted by Gasteiger charge is -2.30. The number of aromatic nitrogens is 2. The van der Waals surface area contributed by atoms with Gasteiger partial charge in [0.25, 0.3) is 0 Å². The van der Waals surface area contributed by atoms with E-state index in [4.69, 9.17) is 9.97 Å². The van der Waals surface area contributed by atoms with E-state index in [0.29, 0.717) is 6.04 Å². The summed E-state index contributed by atoms with van der Waals surface area (Å²) in [4.78, 5) is 15.5. The van der Waals surface area contributed by atoms with E-state index in [9.17, 15) is 0 Å². The van der Waals surface area contributed by atoms with Crippen molar-refractivity contribution in [3.8, 4) is 0 Å². The number of hydrogen-bond donors (Lipinski definition) is 1. The molecule has 3 aliphatic rings. The van der Waals surface area contributed by atoms with Gasteiger partial charge in [-0.2, -0.15) is 4.98 Å². The van der Waals surface area contributed by atoms with Crippen LogP contribution in [0, 0.1) is 5.92 Å². The third kappa shape index (κ3) is 6.12. The molecule has 0 spiro atoms. The van der Waals surface area contributed by atoms with Crippen molar-refractivity contribution < 1.29 is 0 Å². The molecule has 0 amide bonds. The molecule has 0 radical (unpaired) electrons. The third-order valence-corrected chi connectivity index (χ3v) is 7.83. The Morgan fingerprint density at radius 3 is 2.39 bits per heavy atom. The van der Waals surface area contributed by atoms with Crippen molar-refractivity contribution in [3.05, 3.63) is 11.3 Å². The predicted molar refractivity (Wildman–Crippen MR) is 131 cm³/mol. The highest BCUT2D eigenvalue weighted by atomic mass is 15.2. The molecule has 174 valence electrons. The molecule has 31 heavy (non-hydrogen) atoms. The van der Waals surface area contributed by atoms with Crippen LogP contribution in [0.15, 0.2) is 0 Å². The van der Waals surface area contributed by atoms with E-state index < -0.39 is 0 Å². The van der Waals surface area contributed by atoms with E-state index in [-0.39, 0.29) is 0 Å². The molecular weight excluding hydrogens is 382 g/mol. The number of anilines is 2. The summed E-state index contributed by atoms with van der Waals surface area (Å²) in [5.74, 6) is 2.99. The lowest BCUT2D eigenvalue weighted by Crippen LogP contribution is -2.38. The zero-order valence-corrected chi connectivity index (χ0v) is 20.2. The van der Waals surface area contributed by atoms with Crippen LogP contribution in [0.2, 0.25) is 0 Å². The number of nitrogens with one attached hydrogen (secondary N) is 1. The number of hydrogen-bond acceptors (Lipinski definition) is 5. The third-order valence-electron chi connectivity index (χ3n) is 7.83. The van der Waals surface area contributed by atoms with Crippen molar-refractivity contribution in [3.63, 3.8) is 0 Å². The highest BCUT2D eigenvalue weighted by Crippen LogP contribution is 2.31. The zero-order valence-electron chi connectivity index (χ0n) is 20.2. The molecule has 0 aromatic carbocycles. The molecule has 2 aliphatic heterocycles. The Kier molecular flexibility index (Phi) is 8.46. The van der Waals surface area contributed by atoms with Crippen molar-refractivity contribution in [2.45, 2.75) is 103 Å². The van der Waals surface area contributed by atoms with E-state index in [1.54, 1.807) is 0 Å². The monoisotopic (exact) mass is 427 g/mol. The molecule has 3 heterocycles. The molecule has 1 aromatic rings. The molecule has 0 unspecified atom stereocenters. The van der Waals surface area contributed by atoms with Gasteiger partial charge in [-0.15, -0.1) is 0 Å². The standard InChI is InChI=1S/C26H45N5/c1-3-21(4-2)19-30-16-12-9-13-22(20-30)27-26-28-24-15-8-7-14-23(24)25(29-26)31-17-10-5-6-11-18-31/h21-22H,3-20H2,1-2H3,(H,27,28,29)/t22-/m1/s1. The van der Waals surface area contributed by atoms with Gasteiger partial charge in [0, 0.05) is 37.8 Å². The van der Waals surface area contributed by atoms with E-state index >= 15 is 0 Å². The lowest BCUT2D eigenvalue weighted by molar-refractivity contribution is 0.226. The van der Waals surface area contributed by atoms with E-state index in [1.807, 2.05) is 0 Å². The molecule has 0 saturated carbocycles. The highest BCUT2D eigenvalue weighted by Gasteiger charge is 2.25. The molecule has 5 nitrogen and oxygen atoms in total. The van der Waals surface area contributed by atoms with Crippen LogP contribution in [-0.4, -0.2) is 53.6 Å². The van der Waals surface area contributed by atoms with Gasteiger partial charge in [-0.25, -0.2) is 4.98 Å². The minimum atomic E-state index is 0.468. The molecule has 2 saturated heterocycles. The van der Waals surface area contributed by atoms with Crippen molar-refractivity contribution in [2.75, 3.05) is 42.9 Å². The summed E-state index contributed by atoms with van der Waals surface area (Å²) in [7, 11) is 0. The van der Waals surface area contributed by atoms with Gasteiger partial charge < -0.3 is 15.1 Å². The van der Waals surface area contributed by atoms with Gasteiger partial charge in [0.05, 0.1) is 5.69 Å². The van der Waals surface area contributed by atoms with Crippen LogP contribution in [-0.2, 0) is 12.8 Å². The summed E-state index contributed by atoms with van der Waals surface area (Å²) in [6.45, 7) is 10.6. The Morgan fingerprint density at radius 2 is 1.61 bits per heavy atom. The molecule has 1 atom stereocenters. The predicted octanol–water partition coefficient (Wildman–Crippen LogP) is 5.44. The second kappa shape index (κ2) is 11.5. The van der Waals surface area contributed by atoms with Gasteiger partial charge >= 0.3 is 0 Å². The normalized spacial score (nSPS) is 23.3. The Morgan fingerprint density at radius 1 is 0.871 bits per heavy atom. The summed E-state index contributed by atoms with van der Waals surface area (Å²) in [6, 6.07) is 0.468. The number of fused-ring (bicyclic) bond motifs is 1. The van der Waals surface area contributed by atoms with Gasteiger partial charge in [0.15, 0.2) is 0 Å². The molecule has 1 N–H and O–H groups in total. The van der Waals surface area contributed by atoms with E-state index in [1.165, 1.54) is 101 Å². The first-order chi connectivity index (χ1) is 15.3. The summed E-state index contributed by atoms with van der Waals surface area (Å²) in [5.41, 5.74) is 2.78. The summed E-state index contributed by atoms with van der Waals surface area (Å²) < 4.78 is 0. The molecular formula is C26H45N5. The fourth-order valence-corrected chi connectivity index (χ4v) is 5.78. The average molecular weight is 428 g/mol. The first kappa shape index (κ1) is 22.8. The second-order valence-electron chi connectivity index (χ2n) is 10.2. The first-order valence-corrected chi connectivity index (χ1v) is 13.4. The Balaban J connectivity index is 1.51. The van der Waals surface area contributed by atoms with Gasteiger partial charge in [-0.1, -0.05) is 46.0 Å². The highest BCUT2D eigenvalue weighted by molar-refractivity contribution is 5.54. The fraction of sp³-hybridized carbons (Fsp3) is 0.846. The van der Waals surface area contributed by atoms with E-state index in [2.05, 4.69) is 29.0 Å². The molecule has 5 heteroatoms. The fourth-order valence-electron chi connectivity index (χ4n) is 5.78. The van der Waals surface area contributed by atoms with Crippen LogP contribution >= 0.6 is 0 Å². The Hall–Kier alpha value is -1.36. The van der Waals surface area contributed by atoms with Crippen molar-refractivity contribution in [1.29, 1.82) is 0 Å². The van der Waals surface area contributed by atoms with Crippen LogP contribution in [0.5, 0.6) is 0 Å². The van der Waals surface area contributed by atoms with Crippen LogP contribution in [0.25, 0.3) is 0 Å². The lowest BCUT2D eigenvalue weighted by atomic mass is 9.96. The van der Waals surface area contributed by atoms with Crippen LogP contribution < -0.4 is 10.2 Å². The SMILES string of the molecule is CCC(CC)CN1CCCC[C@@H](Nc2nc3c(c(N4CCCCCC4)n2)CCCC3)C1. The van der Waals surface area contributed by atoms with Crippen molar-refractivity contribution in [2.24, 2.45) is 5.92 Å². The minimum absolute atomic E-state index is 0.468. The molecule has 1 aliphatic carbocycles. The van der Waals surface area contributed by atoms with Gasteiger partial charge in [0.2, 0.25) is 5.95 Å². The smallest absolute Gasteiger partial charge is 0.225 e. The van der Waals surface area contributed by atoms with Crippen molar-refractivity contribution >= 4 is 11.8 Å². The van der Waals surface area contributed by atoms with E-state index in [0.717, 1.165) is 44.3 Å². The average Bonchev–Trinajstić information content (AvgIpc) is 3.20. The largest absolute Gasteiger partial charge is 0.356 e. The minimum Gasteiger partial charge on any atom is -0.356 e. The molecule has 4 rings (SSSR count). The van der Waals surface area contributed by atoms with Crippen LogP contribution in [0.4, 0.5) is 11.8 Å². The van der Waals surface area contributed by atoms with Crippen LogP contribution in [0.1, 0.15) is 95.7 Å². The molecule has 0 bridgehead atoms. The number of rotatable bonds is 7. The number of aryl methyl sites for hydroxylation is 1. The maximum atomic E-state index is 5.18. The first-order valence-electron chi connectivity index (χ1n) is 13.4. The number of likely N-dealkylation sites (tertiary alicyclic amines) is 1. The van der Waals surface area contributed by atoms with Gasteiger partial charge in [0.1, 0.15) is 5.82 Å². The maximum absolute atomic E-state index is 5.18. The summed E-state index contributed by atoms with van der Waals surface area (Å²) in [5, 5.41) is 3.81. The van der Waals surface area contributed by atoms with Gasteiger partial charge in [-0.05, 0) is 63.8 Å². The zero-order chi connectivity index (χ0) is 21.5. The Labute approximate surface area is 190 Å². The topological polar surface area (TPSA) is 44.3 Å². The summed E-state index contributed by atoms with van der Waals surface area (Å²) in [6.07, 6.45) is 16.6. The second-order valence-corrected chi connectivity index (χ2v) is 10.2. The maximum Gasteiger partial charge on any atom is 0.225 e. The van der Waals surface area contributed by atoms with Crippen molar-refractivity contribution in [1.82, 2.24) is 14.9 Å². The quantitative estimate of drug-likeness (QED) is 0.628. The molecule has 1 aromatic heterocycles. The van der Waals surface area contributed by atoms with Crippen LogP contribution in [0.3, 0.4) is 0 Å². The molecule has 2 fully saturated rings. The number of nitrogens with zero attached hydrogens (tertiary/aromatic N) is 4.